The highest BCUT2D eigenvalue weighted by atomic mass is 32.2. The predicted molar refractivity (Wildman–Crippen MR) is 149 cm³/mol. The van der Waals surface area contributed by atoms with E-state index in [0.29, 0.717) is 29.1 Å². The number of amides is 1. The smallest absolute Gasteiger partial charge is 0.258 e. The second kappa shape index (κ2) is 10.2. The number of aryl methyl sites for hydroxylation is 4. The van der Waals surface area contributed by atoms with Crippen molar-refractivity contribution in [3.05, 3.63) is 112 Å². The fourth-order valence-corrected chi connectivity index (χ4v) is 6.71. The van der Waals surface area contributed by atoms with Gasteiger partial charge >= 0.3 is 0 Å². The molecule has 5 rings (SSSR count). The van der Waals surface area contributed by atoms with E-state index in [0.717, 1.165) is 33.6 Å². The van der Waals surface area contributed by atoms with Crippen molar-refractivity contribution in [3.63, 3.8) is 0 Å². The van der Waals surface area contributed by atoms with Gasteiger partial charge in [-0.15, -0.1) is 0 Å². The molecule has 7 nitrogen and oxygen atoms in total. The van der Waals surface area contributed by atoms with Gasteiger partial charge in [-0.25, -0.2) is 8.42 Å². The highest BCUT2D eigenvalue weighted by Gasteiger charge is 2.33. The Labute approximate surface area is 224 Å². The van der Waals surface area contributed by atoms with Crippen LogP contribution in [0.5, 0.6) is 0 Å². The van der Waals surface area contributed by atoms with Gasteiger partial charge in [-0.05, 0) is 56.7 Å². The SMILES string of the molecule is Cc1ccc(C(=O)N(Cc2nn(C)c3c2CN(S(=O)(=O)c2ccc(C)cc2C)CC3)c2ccccc2)cc1. The first-order valence-corrected chi connectivity index (χ1v) is 14.1. The maximum Gasteiger partial charge on any atom is 0.258 e. The van der Waals surface area contributed by atoms with Gasteiger partial charge in [-0.3, -0.25) is 9.48 Å². The summed E-state index contributed by atoms with van der Waals surface area (Å²) in [6.07, 6.45) is 0.556. The quantitative estimate of drug-likeness (QED) is 0.355. The number of rotatable bonds is 6. The van der Waals surface area contributed by atoms with E-state index in [1.165, 1.54) is 4.31 Å². The van der Waals surface area contributed by atoms with Crippen LogP contribution in [0.3, 0.4) is 0 Å². The lowest BCUT2D eigenvalue weighted by Crippen LogP contribution is -2.37. The van der Waals surface area contributed by atoms with Crippen molar-refractivity contribution >= 4 is 21.6 Å². The molecule has 0 aliphatic carbocycles. The second-order valence-corrected chi connectivity index (χ2v) is 11.9. The maximum atomic E-state index is 13.7. The van der Waals surface area contributed by atoms with Crippen molar-refractivity contribution in [2.75, 3.05) is 11.4 Å². The van der Waals surface area contributed by atoms with Crippen LogP contribution in [0, 0.1) is 20.8 Å². The van der Waals surface area contributed by atoms with Gasteiger partial charge in [0, 0.05) is 49.1 Å². The van der Waals surface area contributed by atoms with Gasteiger partial charge < -0.3 is 4.90 Å². The first-order chi connectivity index (χ1) is 18.1. The molecule has 0 saturated carbocycles. The third kappa shape index (κ3) is 4.89. The van der Waals surface area contributed by atoms with Gasteiger partial charge in [-0.1, -0.05) is 53.6 Å². The fourth-order valence-electron chi connectivity index (χ4n) is 5.09. The van der Waals surface area contributed by atoms with Crippen molar-refractivity contribution in [1.29, 1.82) is 0 Å². The number of carbonyl (C=O) groups excluding carboxylic acids is 1. The van der Waals surface area contributed by atoms with E-state index in [1.54, 1.807) is 11.0 Å². The van der Waals surface area contributed by atoms with Crippen molar-refractivity contribution in [2.45, 2.75) is 45.2 Å². The summed E-state index contributed by atoms with van der Waals surface area (Å²) in [5, 5.41) is 4.77. The topological polar surface area (TPSA) is 75.5 Å². The Bertz CT molecular complexity index is 1590. The maximum absolute atomic E-state index is 13.7. The summed E-state index contributed by atoms with van der Waals surface area (Å²) in [6.45, 7) is 6.61. The van der Waals surface area contributed by atoms with E-state index in [9.17, 15) is 13.2 Å². The molecule has 0 spiro atoms. The molecule has 0 N–H and O–H groups in total. The lowest BCUT2D eigenvalue weighted by Gasteiger charge is -2.28. The summed E-state index contributed by atoms with van der Waals surface area (Å²) in [6, 6.07) is 22.5. The summed E-state index contributed by atoms with van der Waals surface area (Å²) < 4.78 is 30.7. The van der Waals surface area contributed by atoms with Gasteiger partial charge in [0.05, 0.1) is 17.1 Å². The second-order valence-electron chi connectivity index (χ2n) is 9.95. The third-order valence-corrected chi connectivity index (χ3v) is 9.16. The Hall–Kier alpha value is -3.75. The summed E-state index contributed by atoms with van der Waals surface area (Å²) in [5.74, 6) is -0.133. The molecule has 1 aliphatic rings. The highest BCUT2D eigenvalue weighted by molar-refractivity contribution is 7.89. The minimum absolute atomic E-state index is 0.133. The van der Waals surface area contributed by atoms with Gasteiger partial charge in [-0.2, -0.15) is 9.40 Å². The lowest BCUT2D eigenvalue weighted by molar-refractivity contribution is 0.0984. The van der Waals surface area contributed by atoms with Crippen LogP contribution in [0.15, 0.2) is 77.7 Å². The Balaban J connectivity index is 1.50. The Morgan fingerprint density at radius 1 is 0.947 bits per heavy atom. The monoisotopic (exact) mass is 528 g/mol. The summed E-state index contributed by atoms with van der Waals surface area (Å²) in [4.78, 5) is 15.7. The lowest BCUT2D eigenvalue weighted by atomic mass is 10.1. The average molecular weight is 529 g/mol. The molecule has 1 aliphatic heterocycles. The van der Waals surface area contributed by atoms with Crippen LogP contribution in [-0.4, -0.2) is 35.0 Å². The van der Waals surface area contributed by atoms with E-state index >= 15 is 0 Å². The van der Waals surface area contributed by atoms with Crippen LogP contribution in [0.1, 0.15) is 44.0 Å². The molecule has 8 heteroatoms. The van der Waals surface area contributed by atoms with E-state index in [-0.39, 0.29) is 19.0 Å². The predicted octanol–water partition coefficient (Wildman–Crippen LogP) is 4.94. The van der Waals surface area contributed by atoms with Gasteiger partial charge in [0.25, 0.3) is 5.91 Å². The standard InChI is InChI=1S/C30H32N4O3S/c1-21-10-13-24(14-11-21)30(35)34(25-8-6-5-7-9-25)20-27-26-19-33(17-16-28(26)32(4)31-27)38(36,37)29-15-12-22(2)18-23(29)3/h5-15,18H,16-17,19-20H2,1-4H3. The van der Waals surface area contributed by atoms with Crippen LogP contribution in [-0.2, 0) is 36.6 Å². The van der Waals surface area contributed by atoms with Crippen LogP contribution in [0.2, 0.25) is 0 Å². The zero-order chi connectivity index (χ0) is 27.0. The molecule has 0 fully saturated rings. The number of sulfonamides is 1. The normalized spacial score (nSPS) is 13.8. The zero-order valence-electron chi connectivity index (χ0n) is 22.2. The van der Waals surface area contributed by atoms with Gasteiger partial charge in [0.15, 0.2) is 0 Å². The van der Waals surface area contributed by atoms with E-state index in [1.807, 2.05) is 99.2 Å². The van der Waals surface area contributed by atoms with Crippen molar-refractivity contribution in [3.8, 4) is 0 Å². The molecular formula is C30H32N4O3S. The molecule has 196 valence electrons. The number of hydrogen-bond donors (Lipinski definition) is 0. The molecule has 0 saturated heterocycles. The Morgan fingerprint density at radius 2 is 1.63 bits per heavy atom. The third-order valence-electron chi connectivity index (χ3n) is 7.16. The number of aromatic nitrogens is 2. The molecule has 0 radical (unpaired) electrons. The number of benzene rings is 3. The van der Waals surface area contributed by atoms with Crippen LogP contribution >= 0.6 is 0 Å². The molecule has 0 unspecified atom stereocenters. The average Bonchev–Trinajstić information content (AvgIpc) is 3.22. The molecule has 1 amide bonds. The van der Waals surface area contributed by atoms with Gasteiger partial charge in [0.2, 0.25) is 10.0 Å². The largest absolute Gasteiger partial charge is 0.302 e. The molecular weight excluding hydrogens is 496 g/mol. The minimum atomic E-state index is -3.69. The number of hydrogen-bond acceptors (Lipinski definition) is 4. The molecule has 4 aromatic rings. The van der Waals surface area contributed by atoms with E-state index in [2.05, 4.69) is 0 Å². The Kier molecular flexibility index (Phi) is 6.94. The van der Waals surface area contributed by atoms with Crippen molar-refractivity contribution < 1.29 is 13.2 Å². The van der Waals surface area contributed by atoms with E-state index in [4.69, 9.17) is 5.10 Å². The zero-order valence-corrected chi connectivity index (χ0v) is 23.0. The Morgan fingerprint density at radius 3 is 2.32 bits per heavy atom. The number of nitrogens with zero attached hydrogens (tertiary/aromatic N) is 4. The molecule has 3 aromatic carbocycles. The number of anilines is 1. The van der Waals surface area contributed by atoms with Crippen molar-refractivity contribution in [1.82, 2.24) is 14.1 Å². The van der Waals surface area contributed by atoms with Crippen LogP contribution < -0.4 is 4.90 Å². The summed E-state index contributed by atoms with van der Waals surface area (Å²) in [5.41, 5.74) is 6.75. The first kappa shape index (κ1) is 25.9. The summed E-state index contributed by atoms with van der Waals surface area (Å²) in [7, 11) is -1.81. The molecule has 2 heterocycles. The van der Waals surface area contributed by atoms with Crippen molar-refractivity contribution in [2.24, 2.45) is 7.05 Å². The minimum Gasteiger partial charge on any atom is -0.302 e. The first-order valence-electron chi connectivity index (χ1n) is 12.7. The number of para-hydroxylation sites is 1. The van der Waals surface area contributed by atoms with Crippen LogP contribution in [0.4, 0.5) is 5.69 Å². The number of carbonyl (C=O) groups is 1. The van der Waals surface area contributed by atoms with E-state index < -0.39 is 10.0 Å². The molecule has 0 atom stereocenters. The molecule has 1 aromatic heterocycles. The summed E-state index contributed by atoms with van der Waals surface area (Å²) >= 11 is 0. The van der Waals surface area contributed by atoms with Gasteiger partial charge in [0.1, 0.15) is 0 Å². The number of fused-ring (bicyclic) bond motifs is 1. The molecule has 38 heavy (non-hydrogen) atoms. The fraction of sp³-hybridized carbons (Fsp3) is 0.267. The van der Waals surface area contributed by atoms with Crippen LogP contribution in [0.25, 0.3) is 0 Å². The highest BCUT2D eigenvalue weighted by Crippen LogP contribution is 2.30. The molecule has 0 bridgehead atoms.